The van der Waals surface area contributed by atoms with E-state index in [0.29, 0.717) is 18.5 Å². The van der Waals surface area contributed by atoms with E-state index in [0.717, 1.165) is 36.9 Å². The second kappa shape index (κ2) is 6.09. The van der Waals surface area contributed by atoms with Crippen LogP contribution in [0.15, 0.2) is 24.3 Å². The minimum atomic E-state index is 0.168. The number of rotatable bonds is 6. The monoisotopic (exact) mass is 260 g/mol. The van der Waals surface area contributed by atoms with Gasteiger partial charge in [0.15, 0.2) is 0 Å². The molecule has 3 heteroatoms. The van der Waals surface area contributed by atoms with E-state index in [1.807, 2.05) is 24.3 Å². The molecule has 0 aliphatic heterocycles. The molecule has 1 aromatic carbocycles. The van der Waals surface area contributed by atoms with Gasteiger partial charge in [-0.3, -0.25) is 4.79 Å². The summed E-state index contributed by atoms with van der Waals surface area (Å²) in [6, 6.07) is 8.31. The van der Waals surface area contributed by atoms with Crippen LogP contribution in [0.2, 0.25) is 0 Å². The maximum absolute atomic E-state index is 12.6. The van der Waals surface area contributed by atoms with Crippen LogP contribution >= 0.6 is 0 Å². The highest BCUT2D eigenvalue weighted by Crippen LogP contribution is 2.31. The van der Waals surface area contributed by atoms with Crippen LogP contribution in [0.1, 0.15) is 45.1 Å². The Kier molecular flexibility index (Phi) is 4.46. The first-order valence-electron chi connectivity index (χ1n) is 7.30. The van der Waals surface area contributed by atoms with Crippen molar-refractivity contribution in [3.8, 4) is 0 Å². The minimum Gasteiger partial charge on any atom is -0.399 e. The van der Waals surface area contributed by atoms with E-state index in [1.54, 1.807) is 0 Å². The van der Waals surface area contributed by atoms with Crippen molar-refractivity contribution >= 4 is 11.6 Å². The van der Waals surface area contributed by atoms with Gasteiger partial charge < -0.3 is 10.6 Å². The summed E-state index contributed by atoms with van der Waals surface area (Å²) >= 11 is 0. The fourth-order valence-electron chi connectivity index (χ4n) is 2.53. The number of benzene rings is 1. The molecule has 0 aromatic heterocycles. The number of hydrogen-bond donors (Lipinski definition) is 1. The summed E-state index contributed by atoms with van der Waals surface area (Å²) < 4.78 is 0. The summed E-state index contributed by atoms with van der Waals surface area (Å²) in [5.74, 6) is 0.483. The van der Waals surface area contributed by atoms with E-state index < -0.39 is 0 Å². The Bertz CT molecular complexity index is 436. The van der Waals surface area contributed by atoms with Crippen LogP contribution in [0.5, 0.6) is 0 Å². The van der Waals surface area contributed by atoms with Crippen molar-refractivity contribution in [1.82, 2.24) is 4.90 Å². The number of nitrogens with zero attached hydrogens (tertiary/aromatic N) is 1. The number of hydrogen-bond acceptors (Lipinski definition) is 2. The fourth-order valence-corrected chi connectivity index (χ4v) is 2.53. The third-order valence-corrected chi connectivity index (χ3v) is 3.91. The lowest BCUT2D eigenvalue weighted by atomic mass is 10.0. The molecule has 1 saturated carbocycles. The fraction of sp³-hybridized carbons (Fsp3) is 0.562. The van der Waals surface area contributed by atoms with Crippen LogP contribution in [0.4, 0.5) is 5.69 Å². The Morgan fingerprint density at radius 3 is 2.58 bits per heavy atom. The summed E-state index contributed by atoms with van der Waals surface area (Å²) in [7, 11) is 0. The Morgan fingerprint density at radius 2 is 2.05 bits per heavy atom. The Balaban J connectivity index is 2.10. The molecular weight excluding hydrogens is 236 g/mol. The molecule has 0 saturated heterocycles. The van der Waals surface area contributed by atoms with E-state index in [1.165, 1.54) is 0 Å². The third-order valence-electron chi connectivity index (χ3n) is 3.91. The lowest BCUT2D eigenvalue weighted by Crippen LogP contribution is -2.37. The number of anilines is 1. The summed E-state index contributed by atoms with van der Waals surface area (Å²) in [4.78, 5) is 14.6. The largest absolute Gasteiger partial charge is 0.399 e. The first-order valence-corrected chi connectivity index (χ1v) is 7.30. The van der Waals surface area contributed by atoms with Gasteiger partial charge in [-0.15, -0.1) is 0 Å². The molecule has 1 fully saturated rings. The maximum Gasteiger partial charge on any atom is 0.226 e. The van der Waals surface area contributed by atoms with E-state index in [4.69, 9.17) is 5.73 Å². The van der Waals surface area contributed by atoms with Gasteiger partial charge in [0, 0.05) is 24.2 Å². The molecular formula is C16H24N2O. The second-order valence-electron chi connectivity index (χ2n) is 5.46. The van der Waals surface area contributed by atoms with Gasteiger partial charge in [0.1, 0.15) is 0 Å². The van der Waals surface area contributed by atoms with E-state index >= 15 is 0 Å². The van der Waals surface area contributed by atoms with Gasteiger partial charge in [-0.1, -0.05) is 26.0 Å². The number of carbonyl (C=O) groups excluding carboxylic acids is 1. The normalized spacial score (nSPS) is 14.7. The lowest BCUT2D eigenvalue weighted by molar-refractivity contribution is -0.137. The zero-order valence-electron chi connectivity index (χ0n) is 11.9. The average Bonchev–Trinajstić information content (AvgIpc) is 3.21. The SMILES string of the molecule is CCC(CC)C(=O)N(Cc1cccc(N)c1)C1CC1. The lowest BCUT2D eigenvalue weighted by Gasteiger charge is -2.26. The van der Waals surface area contributed by atoms with Crippen LogP contribution in [-0.2, 0) is 11.3 Å². The molecule has 19 heavy (non-hydrogen) atoms. The molecule has 0 unspecified atom stereocenters. The van der Waals surface area contributed by atoms with Gasteiger partial charge in [-0.2, -0.15) is 0 Å². The molecule has 0 heterocycles. The van der Waals surface area contributed by atoms with Crippen molar-refractivity contribution in [2.24, 2.45) is 5.92 Å². The van der Waals surface area contributed by atoms with Crippen LogP contribution in [0.3, 0.4) is 0 Å². The summed E-state index contributed by atoms with van der Waals surface area (Å²) in [6.45, 7) is 4.89. The van der Waals surface area contributed by atoms with Gasteiger partial charge in [-0.05, 0) is 43.4 Å². The van der Waals surface area contributed by atoms with Crippen molar-refractivity contribution in [2.75, 3.05) is 5.73 Å². The maximum atomic E-state index is 12.6. The highest BCUT2D eigenvalue weighted by molar-refractivity contribution is 5.79. The number of nitrogens with two attached hydrogens (primary N) is 1. The Morgan fingerprint density at radius 1 is 1.37 bits per heavy atom. The van der Waals surface area contributed by atoms with Gasteiger partial charge in [0.05, 0.1) is 0 Å². The predicted molar refractivity (Wildman–Crippen MR) is 78.5 cm³/mol. The van der Waals surface area contributed by atoms with Crippen molar-refractivity contribution in [3.05, 3.63) is 29.8 Å². The molecule has 3 nitrogen and oxygen atoms in total. The molecule has 1 amide bonds. The molecule has 1 aliphatic carbocycles. The summed E-state index contributed by atoms with van der Waals surface area (Å²) in [5, 5.41) is 0. The van der Waals surface area contributed by atoms with Gasteiger partial charge in [-0.25, -0.2) is 0 Å². The highest BCUT2D eigenvalue weighted by atomic mass is 16.2. The zero-order valence-corrected chi connectivity index (χ0v) is 11.9. The molecule has 0 spiro atoms. The van der Waals surface area contributed by atoms with Crippen LogP contribution in [0.25, 0.3) is 0 Å². The molecule has 2 N–H and O–H groups in total. The second-order valence-corrected chi connectivity index (χ2v) is 5.46. The van der Waals surface area contributed by atoms with Crippen molar-refractivity contribution < 1.29 is 4.79 Å². The Labute approximate surface area is 115 Å². The third kappa shape index (κ3) is 3.49. The summed E-state index contributed by atoms with van der Waals surface area (Å²) in [5.41, 5.74) is 7.71. The molecule has 0 bridgehead atoms. The predicted octanol–water partition coefficient (Wildman–Crippen LogP) is 3.20. The molecule has 2 rings (SSSR count). The standard InChI is InChI=1S/C16H24N2O/c1-3-13(4-2)16(19)18(15-8-9-15)11-12-6-5-7-14(17)10-12/h5-7,10,13,15H,3-4,8-9,11,17H2,1-2H3. The summed E-state index contributed by atoms with van der Waals surface area (Å²) in [6.07, 6.45) is 4.15. The molecule has 0 atom stereocenters. The molecule has 104 valence electrons. The van der Waals surface area contributed by atoms with Gasteiger partial charge >= 0.3 is 0 Å². The van der Waals surface area contributed by atoms with Gasteiger partial charge in [0.25, 0.3) is 0 Å². The first kappa shape index (κ1) is 13.9. The highest BCUT2D eigenvalue weighted by Gasteiger charge is 2.34. The average molecular weight is 260 g/mol. The molecule has 0 radical (unpaired) electrons. The van der Waals surface area contributed by atoms with Crippen molar-refractivity contribution in [1.29, 1.82) is 0 Å². The van der Waals surface area contributed by atoms with Crippen molar-refractivity contribution in [2.45, 2.75) is 52.1 Å². The molecule has 1 aromatic rings. The minimum absolute atomic E-state index is 0.168. The molecule has 1 aliphatic rings. The smallest absolute Gasteiger partial charge is 0.226 e. The zero-order chi connectivity index (χ0) is 13.8. The van der Waals surface area contributed by atoms with Crippen molar-refractivity contribution in [3.63, 3.8) is 0 Å². The van der Waals surface area contributed by atoms with Crippen LogP contribution in [-0.4, -0.2) is 16.8 Å². The van der Waals surface area contributed by atoms with Crippen LogP contribution in [0, 0.1) is 5.92 Å². The van der Waals surface area contributed by atoms with E-state index in [2.05, 4.69) is 18.7 Å². The quantitative estimate of drug-likeness (QED) is 0.798. The topological polar surface area (TPSA) is 46.3 Å². The number of nitrogen functional groups attached to an aromatic ring is 1. The van der Waals surface area contributed by atoms with E-state index in [-0.39, 0.29) is 5.92 Å². The van der Waals surface area contributed by atoms with Gasteiger partial charge in [0.2, 0.25) is 5.91 Å². The Hall–Kier alpha value is -1.51. The van der Waals surface area contributed by atoms with Crippen LogP contribution < -0.4 is 5.73 Å². The number of carbonyl (C=O) groups is 1. The van der Waals surface area contributed by atoms with E-state index in [9.17, 15) is 4.79 Å². The number of amides is 1. The first-order chi connectivity index (χ1) is 9.15.